The smallest absolute Gasteiger partial charge is 0.279 e. The minimum Gasteiger partial charge on any atom is -0.389 e. The lowest BCUT2D eigenvalue weighted by Gasteiger charge is -2.40. The van der Waals surface area contributed by atoms with Crippen molar-refractivity contribution in [2.24, 2.45) is 5.41 Å². The van der Waals surface area contributed by atoms with Crippen LogP contribution in [0, 0.1) is 5.41 Å². The number of rotatable bonds is 6. The maximum Gasteiger partial charge on any atom is 0.279 e. The molecule has 0 aromatic rings. The summed E-state index contributed by atoms with van der Waals surface area (Å²) in [5.74, 6) is 0. The van der Waals surface area contributed by atoms with Crippen LogP contribution >= 0.6 is 0 Å². The van der Waals surface area contributed by atoms with Crippen LogP contribution in [0.2, 0.25) is 0 Å². The fourth-order valence-corrected chi connectivity index (χ4v) is 3.76. The molecule has 0 amide bonds. The summed E-state index contributed by atoms with van der Waals surface area (Å²) in [7, 11) is -3.47. The molecule has 2 N–H and O–H groups in total. The van der Waals surface area contributed by atoms with E-state index in [1.807, 2.05) is 0 Å². The summed E-state index contributed by atoms with van der Waals surface area (Å²) in [5.41, 5.74) is -0.639. The number of hydrogen-bond donors (Lipinski definition) is 2. The van der Waals surface area contributed by atoms with Gasteiger partial charge in [-0.2, -0.15) is 17.4 Å². The molecule has 0 unspecified atom stereocenters. The third kappa shape index (κ3) is 4.70. The maximum atomic E-state index is 12.0. The van der Waals surface area contributed by atoms with Crippen molar-refractivity contribution in [2.75, 3.05) is 19.6 Å². The Balaban J connectivity index is 2.57. The number of nitrogens with one attached hydrogen (secondary N) is 1. The Kier molecular flexibility index (Phi) is 5.40. The first-order valence-corrected chi connectivity index (χ1v) is 8.55. The van der Waals surface area contributed by atoms with E-state index in [0.29, 0.717) is 25.9 Å². The second kappa shape index (κ2) is 6.08. The predicted octanol–water partition coefficient (Wildman–Crippen LogP) is 1.49. The molecule has 1 fully saturated rings. The standard InChI is InChI=1S/C13H28N2O3S/c1-5-15(6-2)19(17,18)14-11-13(16)9-7-12(3,4)8-10-13/h14,16H,5-11H2,1-4H3. The first-order chi connectivity index (χ1) is 8.64. The molecule has 0 aromatic heterocycles. The van der Waals surface area contributed by atoms with Gasteiger partial charge in [-0.3, -0.25) is 0 Å². The maximum absolute atomic E-state index is 12.0. The van der Waals surface area contributed by atoms with E-state index in [9.17, 15) is 13.5 Å². The molecule has 19 heavy (non-hydrogen) atoms. The van der Waals surface area contributed by atoms with Crippen LogP contribution in [0.3, 0.4) is 0 Å². The highest BCUT2D eigenvalue weighted by atomic mass is 32.2. The summed E-state index contributed by atoms with van der Waals surface area (Å²) in [6.45, 7) is 8.98. The van der Waals surface area contributed by atoms with Crippen molar-refractivity contribution in [3.05, 3.63) is 0 Å². The second-order valence-electron chi connectivity index (χ2n) is 6.30. The fraction of sp³-hybridized carbons (Fsp3) is 1.00. The van der Waals surface area contributed by atoms with Crippen molar-refractivity contribution in [3.63, 3.8) is 0 Å². The van der Waals surface area contributed by atoms with Crippen molar-refractivity contribution in [1.29, 1.82) is 0 Å². The Labute approximate surface area is 117 Å². The summed E-state index contributed by atoms with van der Waals surface area (Å²) < 4.78 is 27.9. The van der Waals surface area contributed by atoms with Crippen LogP contribution in [0.5, 0.6) is 0 Å². The Hall–Kier alpha value is -0.170. The molecule has 5 nitrogen and oxygen atoms in total. The van der Waals surface area contributed by atoms with Gasteiger partial charge in [0.1, 0.15) is 0 Å². The number of nitrogens with zero attached hydrogens (tertiary/aromatic N) is 1. The average Bonchev–Trinajstić information content (AvgIpc) is 2.33. The molecule has 0 radical (unpaired) electrons. The van der Waals surface area contributed by atoms with Gasteiger partial charge in [-0.15, -0.1) is 0 Å². The molecule has 6 heteroatoms. The van der Waals surface area contributed by atoms with Gasteiger partial charge in [-0.05, 0) is 31.1 Å². The summed E-state index contributed by atoms with van der Waals surface area (Å²) in [4.78, 5) is 0. The van der Waals surface area contributed by atoms with E-state index in [0.717, 1.165) is 12.8 Å². The van der Waals surface area contributed by atoms with Crippen molar-refractivity contribution in [2.45, 2.75) is 59.0 Å². The van der Waals surface area contributed by atoms with E-state index in [-0.39, 0.29) is 12.0 Å². The summed E-state index contributed by atoms with van der Waals surface area (Å²) >= 11 is 0. The van der Waals surface area contributed by atoms with E-state index in [1.54, 1.807) is 13.8 Å². The van der Waals surface area contributed by atoms with Gasteiger partial charge in [0.15, 0.2) is 0 Å². The topological polar surface area (TPSA) is 69.6 Å². The largest absolute Gasteiger partial charge is 0.389 e. The zero-order valence-electron chi connectivity index (χ0n) is 12.6. The lowest BCUT2D eigenvalue weighted by atomic mass is 9.71. The van der Waals surface area contributed by atoms with Crippen LogP contribution in [0.4, 0.5) is 0 Å². The van der Waals surface area contributed by atoms with Crippen molar-refractivity contribution >= 4 is 10.2 Å². The Morgan fingerprint density at radius 1 is 1.11 bits per heavy atom. The molecule has 0 aliphatic heterocycles. The minimum absolute atomic E-state index is 0.113. The Morgan fingerprint density at radius 2 is 1.58 bits per heavy atom. The highest BCUT2D eigenvalue weighted by Crippen LogP contribution is 2.39. The average molecular weight is 292 g/mol. The SMILES string of the molecule is CCN(CC)S(=O)(=O)NCC1(O)CCC(C)(C)CC1. The molecule has 0 atom stereocenters. The second-order valence-corrected chi connectivity index (χ2v) is 8.05. The molecule has 0 aromatic carbocycles. The van der Waals surface area contributed by atoms with Gasteiger partial charge in [0, 0.05) is 19.6 Å². The van der Waals surface area contributed by atoms with E-state index >= 15 is 0 Å². The quantitative estimate of drug-likeness (QED) is 0.779. The highest BCUT2D eigenvalue weighted by molar-refractivity contribution is 7.87. The molecule has 0 bridgehead atoms. The van der Waals surface area contributed by atoms with Gasteiger partial charge in [-0.25, -0.2) is 0 Å². The normalized spacial score (nSPS) is 22.6. The fourth-order valence-electron chi connectivity index (χ4n) is 2.45. The summed E-state index contributed by atoms with van der Waals surface area (Å²) in [5, 5.41) is 10.4. The summed E-state index contributed by atoms with van der Waals surface area (Å²) in [6, 6.07) is 0. The van der Waals surface area contributed by atoms with Gasteiger partial charge in [-0.1, -0.05) is 27.7 Å². The molecule has 0 saturated heterocycles. The van der Waals surface area contributed by atoms with Gasteiger partial charge in [0.05, 0.1) is 5.60 Å². The number of aliphatic hydroxyl groups is 1. The van der Waals surface area contributed by atoms with Crippen LogP contribution in [-0.2, 0) is 10.2 Å². The highest BCUT2D eigenvalue weighted by Gasteiger charge is 2.37. The van der Waals surface area contributed by atoms with Gasteiger partial charge >= 0.3 is 0 Å². The molecular formula is C13H28N2O3S. The van der Waals surface area contributed by atoms with Gasteiger partial charge in [0.2, 0.25) is 0 Å². The van der Waals surface area contributed by atoms with E-state index in [1.165, 1.54) is 4.31 Å². The van der Waals surface area contributed by atoms with E-state index in [2.05, 4.69) is 18.6 Å². The molecule has 0 spiro atoms. The van der Waals surface area contributed by atoms with Crippen molar-refractivity contribution < 1.29 is 13.5 Å². The molecule has 1 aliphatic carbocycles. The lowest BCUT2D eigenvalue weighted by Crippen LogP contribution is -2.50. The molecule has 1 rings (SSSR count). The molecule has 1 saturated carbocycles. The van der Waals surface area contributed by atoms with Crippen molar-refractivity contribution in [1.82, 2.24) is 9.03 Å². The van der Waals surface area contributed by atoms with Crippen LogP contribution in [0.25, 0.3) is 0 Å². The predicted molar refractivity (Wildman–Crippen MR) is 77.0 cm³/mol. The van der Waals surface area contributed by atoms with Crippen LogP contribution < -0.4 is 4.72 Å². The lowest BCUT2D eigenvalue weighted by molar-refractivity contribution is -0.0208. The minimum atomic E-state index is -3.47. The monoisotopic (exact) mass is 292 g/mol. The third-order valence-electron chi connectivity index (χ3n) is 4.16. The molecular weight excluding hydrogens is 264 g/mol. The zero-order valence-corrected chi connectivity index (χ0v) is 13.4. The summed E-state index contributed by atoms with van der Waals surface area (Å²) in [6.07, 6.45) is 3.16. The Bertz CT molecular complexity index is 379. The first-order valence-electron chi connectivity index (χ1n) is 7.11. The zero-order chi connectivity index (χ0) is 14.7. The van der Waals surface area contributed by atoms with Gasteiger partial charge in [0.25, 0.3) is 10.2 Å². The first kappa shape index (κ1) is 16.9. The van der Waals surface area contributed by atoms with E-state index in [4.69, 9.17) is 0 Å². The Morgan fingerprint density at radius 3 is 2.00 bits per heavy atom. The van der Waals surface area contributed by atoms with Crippen LogP contribution in [0.15, 0.2) is 0 Å². The van der Waals surface area contributed by atoms with Crippen LogP contribution in [-0.4, -0.2) is 43.1 Å². The van der Waals surface area contributed by atoms with Crippen molar-refractivity contribution in [3.8, 4) is 0 Å². The van der Waals surface area contributed by atoms with Gasteiger partial charge < -0.3 is 5.11 Å². The van der Waals surface area contributed by atoms with Crippen LogP contribution in [0.1, 0.15) is 53.4 Å². The molecule has 1 aliphatic rings. The number of hydrogen-bond acceptors (Lipinski definition) is 3. The van der Waals surface area contributed by atoms with E-state index < -0.39 is 15.8 Å². The molecule has 0 heterocycles. The third-order valence-corrected chi connectivity index (χ3v) is 5.87. The molecule has 114 valence electrons.